The second-order valence-electron chi connectivity index (χ2n) is 5.48. The summed E-state index contributed by atoms with van der Waals surface area (Å²) in [5, 5.41) is 2.73. The molecule has 1 amide bonds. The number of hydrogen-bond acceptors (Lipinski definition) is 6. The van der Waals surface area contributed by atoms with Crippen molar-refractivity contribution < 1.29 is 19.0 Å². The highest BCUT2D eigenvalue weighted by Gasteiger charge is 2.02. The van der Waals surface area contributed by atoms with Crippen LogP contribution in [-0.4, -0.2) is 57.5 Å². The third kappa shape index (κ3) is 17.6. The Kier molecular flexibility index (Phi) is 16.5. The van der Waals surface area contributed by atoms with Gasteiger partial charge in [0.15, 0.2) is 0 Å². The molecule has 0 aliphatic carbocycles. The van der Waals surface area contributed by atoms with Crippen LogP contribution in [0, 0.1) is 17.8 Å². The van der Waals surface area contributed by atoms with E-state index in [1.54, 1.807) is 0 Å². The van der Waals surface area contributed by atoms with E-state index < -0.39 is 0 Å². The maximum absolute atomic E-state index is 11.5. The molecule has 0 spiro atoms. The van der Waals surface area contributed by atoms with Crippen molar-refractivity contribution in [2.24, 2.45) is 11.7 Å². The zero-order valence-corrected chi connectivity index (χ0v) is 15.8. The Labute approximate surface area is 151 Å². The first-order chi connectivity index (χ1) is 11.6. The van der Waals surface area contributed by atoms with Crippen LogP contribution in [0.3, 0.4) is 0 Å². The number of ether oxygens (including phenoxy) is 3. The molecule has 0 aromatic carbocycles. The summed E-state index contributed by atoms with van der Waals surface area (Å²) in [5.74, 6) is 6.15. The van der Waals surface area contributed by atoms with Gasteiger partial charge in [-0.3, -0.25) is 4.79 Å². The van der Waals surface area contributed by atoms with Gasteiger partial charge in [-0.05, 0) is 19.4 Å². The molecule has 0 heterocycles. The third-order valence-electron chi connectivity index (χ3n) is 2.80. The summed E-state index contributed by atoms with van der Waals surface area (Å²) in [4.78, 5) is 11.5. The molecule has 0 aliphatic rings. The van der Waals surface area contributed by atoms with Crippen molar-refractivity contribution in [3.8, 4) is 11.8 Å². The van der Waals surface area contributed by atoms with Crippen molar-refractivity contribution >= 4 is 18.5 Å². The van der Waals surface area contributed by atoms with E-state index >= 15 is 0 Å². The zero-order valence-electron chi connectivity index (χ0n) is 14.9. The molecule has 0 bridgehead atoms. The maximum atomic E-state index is 11.5. The molecule has 1 atom stereocenters. The van der Waals surface area contributed by atoms with E-state index in [2.05, 4.69) is 29.8 Å². The van der Waals surface area contributed by atoms with E-state index in [1.807, 2.05) is 13.8 Å². The second kappa shape index (κ2) is 17.1. The molecule has 6 nitrogen and oxygen atoms in total. The lowest BCUT2D eigenvalue weighted by molar-refractivity contribution is -0.122. The molecule has 0 fully saturated rings. The second-order valence-corrected chi connectivity index (χ2v) is 6.06. The zero-order chi connectivity index (χ0) is 18.0. The SMILES string of the molecule is CC(C)C#CCNC(=O)CCOCCOCCOC(S)CCCN. The van der Waals surface area contributed by atoms with Crippen molar-refractivity contribution in [1.29, 1.82) is 0 Å². The number of carbonyl (C=O) groups excluding carboxylic acids is 1. The minimum atomic E-state index is -0.0860. The maximum Gasteiger partial charge on any atom is 0.223 e. The molecule has 0 aromatic rings. The van der Waals surface area contributed by atoms with Gasteiger partial charge in [-0.15, -0.1) is 12.6 Å². The Hall–Kier alpha value is -0.780. The van der Waals surface area contributed by atoms with Crippen LogP contribution in [-0.2, 0) is 19.0 Å². The van der Waals surface area contributed by atoms with Gasteiger partial charge in [0.1, 0.15) is 5.44 Å². The Balaban J connectivity index is 3.30. The molecule has 3 N–H and O–H groups in total. The minimum Gasteiger partial charge on any atom is -0.379 e. The van der Waals surface area contributed by atoms with Gasteiger partial charge in [0, 0.05) is 12.3 Å². The first-order valence-electron chi connectivity index (χ1n) is 8.46. The van der Waals surface area contributed by atoms with Crippen LogP contribution in [0.1, 0.15) is 33.1 Å². The van der Waals surface area contributed by atoms with Gasteiger partial charge in [0.25, 0.3) is 0 Å². The molecule has 0 saturated heterocycles. The van der Waals surface area contributed by atoms with E-state index in [1.165, 1.54) is 0 Å². The highest BCUT2D eigenvalue weighted by Crippen LogP contribution is 2.05. The Morgan fingerprint density at radius 1 is 1.17 bits per heavy atom. The molecular weight excluding hydrogens is 328 g/mol. The van der Waals surface area contributed by atoms with Crippen molar-refractivity contribution in [3.05, 3.63) is 0 Å². The normalized spacial score (nSPS) is 11.9. The minimum absolute atomic E-state index is 0.0559. The predicted molar refractivity (Wildman–Crippen MR) is 98.9 cm³/mol. The summed E-state index contributed by atoms with van der Waals surface area (Å²) in [5.41, 5.74) is 5.33. The van der Waals surface area contributed by atoms with E-state index in [-0.39, 0.29) is 11.3 Å². The van der Waals surface area contributed by atoms with Crippen molar-refractivity contribution in [2.75, 3.05) is 46.1 Å². The number of amides is 1. The highest BCUT2D eigenvalue weighted by molar-refractivity contribution is 7.80. The van der Waals surface area contributed by atoms with E-state index in [0.717, 1.165) is 12.8 Å². The van der Waals surface area contributed by atoms with Gasteiger partial charge in [-0.2, -0.15) is 0 Å². The van der Waals surface area contributed by atoms with Gasteiger partial charge >= 0.3 is 0 Å². The monoisotopic (exact) mass is 360 g/mol. The van der Waals surface area contributed by atoms with Crippen LogP contribution in [0.25, 0.3) is 0 Å². The molecule has 0 saturated carbocycles. The first kappa shape index (κ1) is 23.2. The Bertz CT molecular complexity index is 369. The van der Waals surface area contributed by atoms with Crippen LogP contribution in [0.15, 0.2) is 0 Å². The Morgan fingerprint density at radius 3 is 2.50 bits per heavy atom. The van der Waals surface area contributed by atoms with E-state index in [4.69, 9.17) is 19.9 Å². The molecule has 0 aliphatic heterocycles. The lowest BCUT2D eigenvalue weighted by atomic mass is 10.2. The average molecular weight is 361 g/mol. The summed E-state index contributed by atoms with van der Waals surface area (Å²) < 4.78 is 16.2. The predicted octanol–water partition coefficient (Wildman–Crippen LogP) is 1.20. The largest absolute Gasteiger partial charge is 0.379 e. The fourth-order valence-electron chi connectivity index (χ4n) is 1.59. The number of nitrogens with two attached hydrogens (primary N) is 1. The summed E-state index contributed by atoms with van der Waals surface area (Å²) in [6.07, 6.45) is 2.07. The third-order valence-corrected chi connectivity index (χ3v) is 3.21. The van der Waals surface area contributed by atoms with Gasteiger partial charge in [-0.25, -0.2) is 0 Å². The lowest BCUT2D eigenvalue weighted by Crippen LogP contribution is -2.25. The topological polar surface area (TPSA) is 82.8 Å². The van der Waals surface area contributed by atoms with Gasteiger partial charge in [0.2, 0.25) is 5.91 Å². The fourth-order valence-corrected chi connectivity index (χ4v) is 1.88. The number of rotatable bonds is 14. The molecule has 0 radical (unpaired) electrons. The molecule has 0 aromatic heterocycles. The van der Waals surface area contributed by atoms with E-state index in [0.29, 0.717) is 58.5 Å². The van der Waals surface area contributed by atoms with Gasteiger partial charge in [0.05, 0.1) is 39.6 Å². The molecule has 7 heteroatoms. The van der Waals surface area contributed by atoms with Crippen molar-refractivity contribution in [3.63, 3.8) is 0 Å². The number of nitrogens with one attached hydrogen (secondary N) is 1. The first-order valence-corrected chi connectivity index (χ1v) is 8.98. The summed E-state index contributed by atoms with van der Waals surface area (Å²) >= 11 is 4.29. The van der Waals surface area contributed by atoms with Crippen LogP contribution < -0.4 is 11.1 Å². The number of thiol groups is 1. The molecule has 1 unspecified atom stereocenters. The summed E-state index contributed by atoms with van der Waals surface area (Å²) in [6.45, 7) is 7.36. The van der Waals surface area contributed by atoms with Crippen molar-refractivity contribution in [2.45, 2.75) is 38.5 Å². The Morgan fingerprint density at radius 2 is 1.83 bits per heavy atom. The van der Waals surface area contributed by atoms with Gasteiger partial charge in [-0.1, -0.05) is 25.7 Å². The average Bonchev–Trinajstić information content (AvgIpc) is 2.55. The standard InChI is InChI=1S/C17H32N2O4S/c1-15(2)5-4-9-19-16(20)7-10-21-11-12-22-13-14-23-17(24)6-3-8-18/h15,17,24H,3,6-14,18H2,1-2H3,(H,19,20). The van der Waals surface area contributed by atoms with E-state index in [9.17, 15) is 4.79 Å². The lowest BCUT2D eigenvalue weighted by Gasteiger charge is -2.11. The van der Waals surface area contributed by atoms with Crippen LogP contribution in [0.2, 0.25) is 0 Å². The van der Waals surface area contributed by atoms with Crippen LogP contribution >= 0.6 is 12.6 Å². The van der Waals surface area contributed by atoms with Crippen LogP contribution in [0.4, 0.5) is 0 Å². The summed E-state index contributed by atoms with van der Waals surface area (Å²) in [6, 6.07) is 0. The fraction of sp³-hybridized carbons (Fsp3) is 0.824. The van der Waals surface area contributed by atoms with Crippen molar-refractivity contribution in [1.82, 2.24) is 5.32 Å². The molecular formula is C17H32N2O4S. The number of hydrogen-bond donors (Lipinski definition) is 3. The molecule has 0 rings (SSSR count). The quantitative estimate of drug-likeness (QED) is 0.188. The van der Waals surface area contributed by atoms with Crippen LogP contribution in [0.5, 0.6) is 0 Å². The molecule has 24 heavy (non-hydrogen) atoms. The summed E-state index contributed by atoms with van der Waals surface area (Å²) in [7, 11) is 0. The van der Waals surface area contributed by atoms with Gasteiger partial charge < -0.3 is 25.3 Å². The number of carbonyl (C=O) groups is 1. The smallest absolute Gasteiger partial charge is 0.223 e. The molecule has 140 valence electrons. The highest BCUT2D eigenvalue weighted by atomic mass is 32.1.